The van der Waals surface area contributed by atoms with Crippen molar-refractivity contribution in [2.24, 2.45) is 0 Å². The maximum absolute atomic E-state index is 11.5. The van der Waals surface area contributed by atoms with Gasteiger partial charge in [-0.15, -0.1) is 0 Å². The van der Waals surface area contributed by atoms with Gasteiger partial charge in [0, 0.05) is 0 Å². The van der Waals surface area contributed by atoms with E-state index >= 15 is 0 Å². The third kappa shape index (κ3) is 2.80. The molecule has 1 amide bonds. The zero-order valence-corrected chi connectivity index (χ0v) is 9.15. The van der Waals surface area contributed by atoms with E-state index in [-0.39, 0.29) is 4.90 Å². The van der Waals surface area contributed by atoms with Crippen LogP contribution in [0.4, 0.5) is 0 Å². The second-order valence-electron chi connectivity index (χ2n) is 2.74. The minimum absolute atomic E-state index is 0.104. The summed E-state index contributed by atoms with van der Waals surface area (Å²) >= 11 is 0. The van der Waals surface area contributed by atoms with Crippen LogP contribution in [0, 0.1) is 0 Å². The molecule has 0 aliphatic carbocycles. The van der Waals surface area contributed by atoms with Gasteiger partial charge in [-0.05, 0) is 12.1 Å². The summed E-state index contributed by atoms with van der Waals surface area (Å²) in [7, 11) is -3.03. The molecule has 0 unspecified atom stereocenters. The number of carbonyl (C=O) groups excluding carboxylic acids is 2. The molecule has 0 saturated carbocycles. The molecule has 16 heavy (non-hydrogen) atoms. The van der Waals surface area contributed by atoms with Gasteiger partial charge >= 0.3 is 11.9 Å². The molecule has 0 radical (unpaired) electrons. The number of methoxy groups -OCH3 is 1. The zero-order chi connectivity index (χ0) is 12.2. The van der Waals surface area contributed by atoms with Crippen LogP contribution >= 0.6 is 0 Å². The van der Waals surface area contributed by atoms with Gasteiger partial charge < -0.3 is 4.74 Å². The fourth-order valence-electron chi connectivity index (χ4n) is 0.915. The molecule has 0 aliphatic rings. The Labute approximate surface area is 92.3 Å². The van der Waals surface area contributed by atoms with Crippen LogP contribution in [0.15, 0.2) is 35.2 Å². The predicted octanol–water partition coefficient (Wildman–Crippen LogP) is -0.336. The molecule has 0 spiro atoms. The number of benzene rings is 1. The third-order valence-corrected chi connectivity index (χ3v) is 3.00. The highest BCUT2D eigenvalue weighted by molar-refractivity contribution is 7.90. The quantitative estimate of drug-likeness (QED) is 0.567. The normalized spacial score (nSPS) is 10.6. The lowest BCUT2D eigenvalue weighted by Crippen LogP contribution is -2.36. The molecule has 0 aromatic heterocycles. The summed E-state index contributed by atoms with van der Waals surface area (Å²) in [5.41, 5.74) is 0. The summed E-state index contributed by atoms with van der Waals surface area (Å²) in [4.78, 5) is 21.6. The molecule has 0 fully saturated rings. The molecule has 0 bridgehead atoms. The molecular weight excluding hydrogens is 234 g/mol. The molecule has 7 heteroatoms. The van der Waals surface area contributed by atoms with Crippen LogP contribution < -0.4 is 4.72 Å². The van der Waals surface area contributed by atoms with E-state index in [1.165, 1.54) is 24.3 Å². The molecular formula is C9H9NO5S. The van der Waals surface area contributed by atoms with Crippen LogP contribution in [0.25, 0.3) is 0 Å². The van der Waals surface area contributed by atoms with Gasteiger partial charge in [0.05, 0.1) is 12.0 Å². The molecule has 1 aromatic rings. The lowest BCUT2D eigenvalue weighted by atomic mass is 10.4. The highest BCUT2D eigenvalue weighted by atomic mass is 32.2. The predicted molar refractivity (Wildman–Crippen MR) is 53.8 cm³/mol. The van der Waals surface area contributed by atoms with Crippen molar-refractivity contribution in [2.75, 3.05) is 7.11 Å². The number of esters is 1. The summed E-state index contributed by atoms with van der Waals surface area (Å²) in [6.45, 7) is 0. The minimum Gasteiger partial charge on any atom is -0.462 e. The highest BCUT2D eigenvalue weighted by Gasteiger charge is 2.22. The third-order valence-electron chi connectivity index (χ3n) is 1.65. The van der Waals surface area contributed by atoms with Crippen molar-refractivity contribution in [3.8, 4) is 0 Å². The minimum atomic E-state index is -4.01. The number of hydrogen-bond donors (Lipinski definition) is 1. The van der Waals surface area contributed by atoms with Crippen molar-refractivity contribution >= 4 is 21.9 Å². The molecule has 1 rings (SSSR count). The van der Waals surface area contributed by atoms with Gasteiger partial charge in [0.1, 0.15) is 0 Å². The van der Waals surface area contributed by atoms with Crippen LogP contribution in [0.5, 0.6) is 0 Å². The van der Waals surface area contributed by atoms with Crippen molar-refractivity contribution in [3.05, 3.63) is 30.3 Å². The first kappa shape index (κ1) is 12.2. The number of sulfonamides is 1. The number of carbonyl (C=O) groups is 2. The lowest BCUT2D eigenvalue weighted by molar-refractivity contribution is -0.151. The topological polar surface area (TPSA) is 89.5 Å². The summed E-state index contributed by atoms with van der Waals surface area (Å²) < 4.78 is 28.7. The van der Waals surface area contributed by atoms with Crippen LogP contribution in [-0.4, -0.2) is 27.4 Å². The highest BCUT2D eigenvalue weighted by Crippen LogP contribution is 2.06. The second kappa shape index (κ2) is 4.75. The van der Waals surface area contributed by atoms with Crippen molar-refractivity contribution < 1.29 is 22.7 Å². The lowest BCUT2D eigenvalue weighted by Gasteiger charge is -2.04. The number of nitrogens with one attached hydrogen (secondary N) is 1. The number of ether oxygens (including phenoxy) is 1. The first-order valence-electron chi connectivity index (χ1n) is 4.17. The van der Waals surface area contributed by atoms with Gasteiger partial charge in [-0.2, -0.15) is 0 Å². The SMILES string of the molecule is COC(=O)C(=O)NS(=O)(=O)c1ccccc1. The molecule has 86 valence electrons. The Morgan fingerprint density at radius 2 is 1.75 bits per heavy atom. The Morgan fingerprint density at radius 1 is 1.19 bits per heavy atom. The van der Waals surface area contributed by atoms with E-state index in [1.807, 2.05) is 0 Å². The zero-order valence-electron chi connectivity index (χ0n) is 8.34. The molecule has 0 saturated heterocycles. The maximum atomic E-state index is 11.5. The summed E-state index contributed by atoms with van der Waals surface area (Å²) in [5.74, 6) is -2.59. The largest absolute Gasteiger partial charge is 0.462 e. The monoisotopic (exact) mass is 243 g/mol. The van der Waals surface area contributed by atoms with E-state index in [0.717, 1.165) is 7.11 Å². The van der Waals surface area contributed by atoms with E-state index in [4.69, 9.17) is 0 Å². The van der Waals surface area contributed by atoms with Crippen LogP contribution in [0.1, 0.15) is 0 Å². The van der Waals surface area contributed by atoms with E-state index in [0.29, 0.717) is 0 Å². The van der Waals surface area contributed by atoms with E-state index in [1.54, 1.807) is 10.8 Å². The summed E-state index contributed by atoms with van der Waals surface area (Å²) in [5, 5.41) is 0. The van der Waals surface area contributed by atoms with Gasteiger partial charge in [-0.3, -0.25) is 4.79 Å². The fraction of sp³-hybridized carbons (Fsp3) is 0.111. The van der Waals surface area contributed by atoms with Gasteiger partial charge in [0.25, 0.3) is 10.0 Å². The Kier molecular flexibility index (Phi) is 3.62. The van der Waals surface area contributed by atoms with Gasteiger partial charge in [0.2, 0.25) is 0 Å². The van der Waals surface area contributed by atoms with Gasteiger partial charge in [0.15, 0.2) is 0 Å². The Morgan fingerprint density at radius 3 is 2.25 bits per heavy atom. The number of amides is 1. The first-order chi connectivity index (χ1) is 7.47. The Bertz CT molecular complexity index is 494. The summed E-state index contributed by atoms with van der Waals surface area (Å²) in [6.07, 6.45) is 0. The second-order valence-corrected chi connectivity index (χ2v) is 4.42. The Hall–Kier alpha value is -1.89. The molecule has 0 atom stereocenters. The molecule has 1 aromatic carbocycles. The van der Waals surface area contributed by atoms with Crippen molar-refractivity contribution in [1.29, 1.82) is 0 Å². The van der Waals surface area contributed by atoms with Crippen LogP contribution in [0.2, 0.25) is 0 Å². The van der Waals surface area contributed by atoms with Crippen LogP contribution in [0.3, 0.4) is 0 Å². The number of hydrogen-bond acceptors (Lipinski definition) is 5. The average Bonchev–Trinajstić information content (AvgIpc) is 2.28. The van der Waals surface area contributed by atoms with E-state index in [2.05, 4.69) is 4.74 Å². The van der Waals surface area contributed by atoms with Gasteiger partial charge in [-0.1, -0.05) is 18.2 Å². The average molecular weight is 243 g/mol. The number of rotatable bonds is 2. The standard InChI is InChI=1S/C9H9NO5S/c1-15-9(12)8(11)10-16(13,14)7-5-3-2-4-6-7/h2-6H,1H3,(H,10,11). The van der Waals surface area contributed by atoms with Crippen LogP contribution in [-0.2, 0) is 24.3 Å². The molecule has 1 N–H and O–H groups in total. The summed E-state index contributed by atoms with van der Waals surface area (Å²) in [6, 6.07) is 7.22. The molecule has 0 aliphatic heterocycles. The smallest absolute Gasteiger partial charge is 0.397 e. The fourth-order valence-corrected chi connectivity index (χ4v) is 1.88. The van der Waals surface area contributed by atoms with Gasteiger partial charge in [-0.25, -0.2) is 17.9 Å². The van der Waals surface area contributed by atoms with Crippen molar-refractivity contribution in [1.82, 2.24) is 4.72 Å². The van der Waals surface area contributed by atoms with Crippen molar-refractivity contribution in [2.45, 2.75) is 4.90 Å². The van der Waals surface area contributed by atoms with E-state index < -0.39 is 21.9 Å². The Balaban J connectivity index is 2.90. The molecule has 6 nitrogen and oxygen atoms in total. The first-order valence-corrected chi connectivity index (χ1v) is 5.66. The van der Waals surface area contributed by atoms with E-state index in [9.17, 15) is 18.0 Å². The van der Waals surface area contributed by atoms with Crippen molar-refractivity contribution in [3.63, 3.8) is 0 Å². The molecule has 0 heterocycles. The maximum Gasteiger partial charge on any atom is 0.397 e.